The van der Waals surface area contributed by atoms with E-state index in [4.69, 9.17) is 5.73 Å². The lowest BCUT2D eigenvalue weighted by Crippen LogP contribution is -2.42. The quantitative estimate of drug-likeness (QED) is 0.915. The molecular formula is C17H19N3OS. The monoisotopic (exact) mass is 313 g/mol. The summed E-state index contributed by atoms with van der Waals surface area (Å²) in [6.07, 6.45) is 5.25. The van der Waals surface area contributed by atoms with Crippen LogP contribution in [0.1, 0.15) is 19.3 Å². The maximum Gasteiger partial charge on any atom is 0.229 e. The molecule has 4 nitrogen and oxygen atoms in total. The third-order valence-corrected chi connectivity index (χ3v) is 5.91. The smallest absolute Gasteiger partial charge is 0.229 e. The van der Waals surface area contributed by atoms with E-state index in [1.165, 1.54) is 6.42 Å². The molecule has 22 heavy (non-hydrogen) atoms. The van der Waals surface area contributed by atoms with E-state index in [1.54, 1.807) is 17.5 Å². The maximum absolute atomic E-state index is 12.6. The standard InChI is InChI=1S/C17H19N3OS/c18-15-11-5-4-10(8-11)14(15)16(21)20-13-3-1-2-12(9-13)17-19-6-7-22-17/h1-3,6-7,9-11,14-15H,4-5,8,18H2,(H,20,21). The average molecular weight is 313 g/mol. The molecule has 1 aromatic carbocycles. The molecule has 2 fully saturated rings. The van der Waals surface area contributed by atoms with E-state index in [0.29, 0.717) is 11.8 Å². The minimum absolute atomic E-state index is 0.0257. The highest BCUT2D eigenvalue weighted by molar-refractivity contribution is 7.13. The largest absolute Gasteiger partial charge is 0.327 e. The zero-order valence-electron chi connectivity index (χ0n) is 12.2. The van der Waals surface area contributed by atoms with Crippen LogP contribution in [0.2, 0.25) is 0 Å². The molecule has 2 aliphatic rings. The first-order valence-corrected chi connectivity index (χ1v) is 8.67. The predicted octanol–water partition coefficient (Wildman–Crippen LogP) is 3.12. The van der Waals surface area contributed by atoms with E-state index in [0.717, 1.165) is 29.1 Å². The van der Waals surface area contributed by atoms with Crippen molar-refractivity contribution in [1.82, 2.24) is 4.98 Å². The van der Waals surface area contributed by atoms with Crippen LogP contribution in [-0.4, -0.2) is 16.9 Å². The van der Waals surface area contributed by atoms with E-state index < -0.39 is 0 Å². The van der Waals surface area contributed by atoms with Crippen molar-refractivity contribution in [3.8, 4) is 10.6 Å². The lowest BCUT2D eigenvalue weighted by atomic mass is 9.84. The van der Waals surface area contributed by atoms with Crippen molar-refractivity contribution in [2.24, 2.45) is 23.5 Å². The second-order valence-corrected chi connectivity index (χ2v) is 7.24. The fourth-order valence-corrected chi connectivity index (χ4v) is 4.68. The Hall–Kier alpha value is -1.72. The highest BCUT2D eigenvalue weighted by atomic mass is 32.1. The molecule has 114 valence electrons. The number of amides is 1. The van der Waals surface area contributed by atoms with Gasteiger partial charge in [0.05, 0.1) is 5.92 Å². The Morgan fingerprint density at radius 1 is 1.32 bits per heavy atom. The molecule has 4 unspecified atom stereocenters. The first-order chi connectivity index (χ1) is 10.7. The number of fused-ring (bicyclic) bond motifs is 2. The van der Waals surface area contributed by atoms with Gasteiger partial charge in [-0.15, -0.1) is 11.3 Å². The van der Waals surface area contributed by atoms with Gasteiger partial charge in [-0.05, 0) is 43.2 Å². The molecule has 1 amide bonds. The van der Waals surface area contributed by atoms with Gasteiger partial charge in [-0.2, -0.15) is 0 Å². The normalized spacial score (nSPS) is 29.7. The molecule has 1 heterocycles. The summed E-state index contributed by atoms with van der Waals surface area (Å²) in [4.78, 5) is 16.9. The summed E-state index contributed by atoms with van der Waals surface area (Å²) in [6, 6.07) is 7.90. The van der Waals surface area contributed by atoms with Crippen molar-refractivity contribution in [3.63, 3.8) is 0 Å². The van der Waals surface area contributed by atoms with E-state index >= 15 is 0 Å². The van der Waals surface area contributed by atoms with E-state index in [2.05, 4.69) is 10.3 Å². The molecule has 2 aliphatic carbocycles. The van der Waals surface area contributed by atoms with E-state index in [1.807, 2.05) is 29.6 Å². The Balaban J connectivity index is 1.52. The summed E-state index contributed by atoms with van der Waals surface area (Å²) >= 11 is 1.60. The Morgan fingerprint density at radius 3 is 2.91 bits per heavy atom. The lowest BCUT2D eigenvalue weighted by Gasteiger charge is -2.27. The number of nitrogens with one attached hydrogen (secondary N) is 1. The number of hydrogen-bond acceptors (Lipinski definition) is 4. The SMILES string of the molecule is NC1C2CCC(C2)C1C(=O)Nc1cccc(-c2nccs2)c1. The minimum atomic E-state index is -0.0257. The van der Waals surface area contributed by atoms with Crippen molar-refractivity contribution < 1.29 is 4.79 Å². The summed E-state index contributed by atoms with van der Waals surface area (Å²) in [5.74, 6) is 1.07. The molecule has 0 spiro atoms. The molecular weight excluding hydrogens is 294 g/mol. The molecule has 0 radical (unpaired) electrons. The second kappa shape index (κ2) is 5.48. The number of rotatable bonds is 3. The van der Waals surface area contributed by atoms with Gasteiger partial charge in [-0.1, -0.05) is 12.1 Å². The number of benzene rings is 1. The van der Waals surface area contributed by atoms with Gasteiger partial charge in [0.2, 0.25) is 5.91 Å². The van der Waals surface area contributed by atoms with Crippen molar-refractivity contribution >= 4 is 22.9 Å². The summed E-state index contributed by atoms with van der Waals surface area (Å²) in [5, 5.41) is 5.98. The van der Waals surface area contributed by atoms with Crippen molar-refractivity contribution in [1.29, 1.82) is 0 Å². The molecule has 2 saturated carbocycles. The number of carbonyl (C=O) groups is 1. The molecule has 2 bridgehead atoms. The fraction of sp³-hybridized carbons (Fsp3) is 0.412. The number of carbonyl (C=O) groups excluding carboxylic acids is 1. The van der Waals surface area contributed by atoms with Crippen LogP contribution >= 0.6 is 11.3 Å². The number of anilines is 1. The van der Waals surface area contributed by atoms with Gasteiger partial charge in [-0.3, -0.25) is 4.79 Å². The van der Waals surface area contributed by atoms with Crippen LogP contribution in [0.3, 0.4) is 0 Å². The van der Waals surface area contributed by atoms with Crippen molar-refractivity contribution in [2.45, 2.75) is 25.3 Å². The fourth-order valence-electron chi connectivity index (χ4n) is 4.05. The van der Waals surface area contributed by atoms with Gasteiger partial charge >= 0.3 is 0 Å². The van der Waals surface area contributed by atoms with Gasteiger partial charge in [0.15, 0.2) is 0 Å². The van der Waals surface area contributed by atoms with E-state index in [9.17, 15) is 4.79 Å². The molecule has 4 rings (SSSR count). The van der Waals surface area contributed by atoms with Crippen molar-refractivity contribution in [3.05, 3.63) is 35.8 Å². The highest BCUT2D eigenvalue weighted by Gasteiger charge is 2.49. The summed E-state index contributed by atoms with van der Waals surface area (Å²) in [7, 11) is 0. The van der Waals surface area contributed by atoms with Gasteiger partial charge < -0.3 is 11.1 Å². The van der Waals surface area contributed by atoms with Crippen LogP contribution in [0.25, 0.3) is 10.6 Å². The lowest BCUT2D eigenvalue weighted by molar-refractivity contribution is -0.121. The molecule has 2 aromatic rings. The molecule has 0 saturated heterocycles. The number of aromatic nitrogens is 1. The van der Waals surface area contributed by atoms with Crippen LogP contribution in [0, 0.1) is 17.8 Å². The first-order valence-electron chi connectivity index (χ1n) is 7.79. The maximum atomic E-state index is 12.6. The van der Waals surface area contributed by atoms with Gasteiger partial charge in [0, 0.05) is 28.9 Å². The van der Waals surface area contributed by atoms with Crippen LogP contribution in [0.5, 0.6) is 0 Å². The van der Waals surface area contributed by atoms with Gasteiger partial charge in [0.1, 0.15) is 5.01 Å². The van der Waals surface area contributed by atoms with Gasteiger partial charge in [-0.25, -0.2) is 4.98 Å². The van der Waals surface area contributed by atoms with Crippen LogP contribution in [0.4, 0.5) is 5.69 Å². The Kier molecular flexibility index (Phi) is 3.47. The van der Waals surface area contributed by atoms with Crippen LogP contribution < -0.4 is 11.1 Å². The molecule has 1 aromatic heterocycles. The number of nitrogens with two attached hydrogens (primary N) is 1. The van der Waals surface area contributed by atoms with Crippen LogP contribution in [0.15, 0.2) is 35.8 Å². The zero-order valence-corrected chi connectivity index (χ0v) is 13.1. The summed E-state index contributed by atoms with van der Waals surface area (Å²) in [5.41, 5.74) is 8.12. The number of nitrogens with zero attached hydrogens (tertiary/aromatic N) is 1. The Bertz CT molecular complexity index is 683. The third kappa shape index (κ3) is 2.34. The predicted molar refractivity (Wildman–Crippen MR) is 88.5 cm³/mol. The van der Waals surface area contributed by atoms with Crippen molar-refractivity contribution in [2.75, 3.05) is 5.32 Å². The minimum Gasteiger partial charge on any atom is -0.327 e. The average Bonchev–Trinajstić information content (AvgIpc) is 3.24. The first kappa shape index (κ1) is 13.9. The molecule has 4 atom stereocenters. The number of thiazole rings is 1. The van der Waals surface area contributed by atoms with Gasteiger partial charge in [0.25, 0.3) is 0 Å². The molecule has 3 N–H and O–H groups in total. The topological polar surface area (TPSA) is 68.0 Å². The van der Waals surface area contributed by atoms with Crippen LogP contribution in [-0.2, 0) is 4.79 Å². The Morgan fingerprint density at radius 2 is 2.18 bits per heavy atom. The summed E-state index contributed by atoms with van der Waals surface area (Å²) in [6.45, 7) is 0. The zero-order chi connectivity index (χ0) is 15.1. The second-order valence-electron chi connectivity index (χ2n) is 6.34. The molecule has 5 heteroatoms. The van der Waals surface area contributed by atoms with E-state index in [-0.39, 0.29) is 17.9 Å². The molecule has 0 aliphatic heterocycles. The highest BCUT2D eigenvalue weighted by Crippen LogP contribution is 2.47. The Labute approximate surface area is 133 Å². The number of hydrogen-bond donors (Lipinski definition) is 2. The summed E-state index contributed by atoms with van der Waals surface area (Å²) < 4.78 is 0. The third-order valence-electron chi connectivity index (χ3n) is 5.09.